The number of anilines is 1. The van der Waals surface area contributed by atoms with E-state index in [1.807, 2.05) is 37.4 Å². The number of rotatable bonds is 4. The molecule has 1 amide bonds. The molecule has 3 rings (SSSR count). The van der Waals surface area contributed by atoms with Crippen molar-refractivity contribution in [2.45, 2.75) is 19.9 Å². The molecule has 8 nitrogen and oxygen atoms in total. The summed E-state index contributed by atoms with van der Waals surface area (Å²) in [5.74, 6) is 0.485. The van der Waals surface area contributed by atoms with Crippen LogP contribution in [0.5, 0.6) is 5.75 Å². The second-order valence-electron chi connectivity index (χ2n) is 6.41. The Labute approximate surface area is 162 Å². The van der Waals surface area contributed by atoms with E-state index in [2.05, 4.69) is 26.2 Å². The van der Waals surface area contributed by atoms with Crippen LogP contribution in [0.25, 0.3) is 0 Å². The number of nitrogens with zero attached hydrogens (tertiary/aromatic N) is 3. The van der Waals surface area contributed by atoms with E-state index < -0.39 is 0 Å². The number of guanidine groups is 1. The monoisotopic (exact) mass is 376 g/mol. The molecule has 4 N–H and O–H groups in total. The molecule has 142 valence electrons. The van der Waals surface area contributed by atoms with Crippen molar-refractivity contribution in [2.24, 2.45) is 16.0 Å². The number of hydrogen-bond acceptors (Lipinski definition) is 5. The Morgan fingerprint density at radius 2 is 2.00 bits per heavy atom. The van der Waals surface area contributed by atoms with Gasteiger partial charge >= 0.3 is 0 Å². The van der Waals surface area contributed by atoms with Crippen LogP contribution in [0.1, 0.15) is 24.5 Å². The highest BCUT2D eigenvalue weighted by molar-refractivity contribution is 6.06. The minimum atomic E-state index is -0.0772. The number of hydrazone groups is 1. The smallest absolute Gasteiger partial charge is 0.240 e. The number of nitrogens with one attached hydrogen (secondary N) is 3. The average Bonchev–Trinajstić information content (AvgIpc) is 2.68. The lowest BCUT2D eigenvalue weighted by Gasteiger charge is -2.19. The highest BCUT2D eigenvalue weighted by atomic mass is 16.3. The van der Waals surface area contributed by atoms with Crippen LogP contribution in [0.2, 0.25) is 0 Å². The number of phenols is 1. The fourth-order valence-corrected chi connectivity index (χ4v) is 2.80. The van der Waals surface area contributed by atoms with Crippen molar-refractivity contribution >= 4 is 23.3 Å². The van der Waals surface area contributed by atoms with Crippen LogP contribution < -0.4 is 16.1 Å². The van der Waals surface area contributed by atoms with Crippen molar-refractivity contribution in [1.82, 2.24) is 10.7 Å². The van der Waals surface area contributed by atoms with Gasteiger partial charge in [0, 0.05) is 18.0 Å². The largest absolute Gasteiger partial charge is 0.508 e. The van der Waals surface area contributed by atoms with Gasteiger partial charge in [0.1, 0.15) is 5.75 Å². The van der Waals surface area contributed by atoms with Crippen LogP contribution >= 0.6 is 0 Å². The first-order chi connectivity index (χ1) is 13.5. The molecule has 2 aromatic carbocycles. The SMILES string of the molecule is CC1CC(=O)NN=C1c1ccc(NC(=NCc2ccc(O)cc2)NC#N)cc1. The van der Waals surface area contributed by atoms with Gasteiger partial charge in [-0.1, -0.05) is 31.2 Å². The van der Waals surface area contributed by atoms with E-state index in [0.29, 0.717) is 18.9 Å². The van der Waals surface area contributed by atoms with Gasteiger partial charge in [-0.25, -0.2) is 10.4 Å². The molecule has 8 heteroatoms. The van der Waals surface area contributed by atoms with Crippen molar-refractivity contribution < 1.29 is 9.90 Å². The van der Waals surface area contributed by atoms with Crippen LogP contribution in [-0.4, -0.2) is 22.7 Å². The van der Waals surface area contributed by atoms with Crippen molar-refractivity contribution in [3.8, 4) is 11.9 Å². The first-order valence-corrected chi connectivity index (χ1v) is 8.76. The maximum Gasteiger partial charge on any atom is 0.240 e. The Bertz CT molecular complexity index is 942. The van der Waals surface area contributed by atoms with E-state index >= 15 is 0 Å². The van der Waals surface area contributed by atoms with Crippen LogP contribution in [0, 0.1) is 17.4 Å². The summed E-state index contributed by atoms with van der Waals surface area (Å²) in [6.07, 6.45) is 2.28. The highest BCUT2D eigenvalue weighted by Crippen LogP contribution is 2.18. The number of aromatic hydroxyl groups is 1. The van der Waals surface area contributed by atoms with E-state index in [-0.39, 0.29) is 17.6 Å². The molecular formula is C20H20N6O2. The molecule has 0 spiro atoms. The molecule has 0 aliphatic carbocycles. The minimum Gasteiger partial charge on any atom is -0.508 e. The van der Waals surface area contributed by atoms with E-state index in [0.717, 1.165) is 22.5 Å². The lowest BCUT2D eigenvalue weighted by Crippen LogP contribution is -2.32. The number of hydrogen-bond donors (Lipinski definition) is 4. The first kappa shape index (κ1) is 18.9. The standard InChI is InChI=1S/C20H20N6O2/c1-13-10-18(28)25-26-19(13)15-4-6-16(7-5-15)24-20(23-12-21)22-11-14-2-8-17(27)9-3-14/h2-9,13,27H,10-11H2,1H3,(H,25,28)(H2,22,23,24). The summed E-state index contributed by atoms with van der Waals surface area (Å²) in [5, 5.41) is 28.0. The van der Waals surface area contributed by atoms with Crippen LogP contribution in [0.4, 0.5) is 5.69 Å². The van der Waals surface area contributed by atoms with Gasteiger partial charge in [0.05, 0.1) is 12.3 Å². The Balaban J connectivity index is 1.69. The zero-order valence-electron chi connectivity index (χ0n) is 15.3. The number of carbonyl (C=O) groups is 1. The van der Waals surface area contributed by atoms with Crippen LogP contribution in [0.3, 0.4) is 0 Å². The number of amides is 1. The number of phenolic OH excluding ortho intramolecular Hbond substituents is 1. The summed E-state index contributed by atoms with van der Waals surface area (Å²) in [4.78, 5) is 15.7. The van der Waals surface area contributed by atoms with E-state index in [1.165, 1.54) is 0 Å². The molecule has 28 heavy (non-hydrogen) atoms. The highest BCUT2D eigenvalue weighted by Gasteiger charge is 2.21. The van der Waals surface area contributed by atoms with Crippen LogP contribution in [0.15, 0.2) is 58.6 Å². The average molecular weight is 376 g/mol. The quantitative estimate of drug-likeness (QED) is 0.282. The molecule has 1 heterocycles. The third-order valence-corrected chi connectivity index (χ3v) is 4.23. The molecule has 0 saturated carbocycles. The summed E-state index contributed by atoms with van der Waals surface area (Å²) in [7, 11) is 0. The van der Waals surface area contributed by atoms with Crippen molar-refractivity contribution in [2.75, 3.05) is 5.32 Å². The summed E-state index contributed by atoms with van der Waals surface area (Å²) in [5.41, 5.74) is 5.93. The Morgan fingerprint density at radius 1 is 1.29 bits per heavy atom. The summed E-state index contributed by atoms with van der Waals surface area (Å²) in [6.45, 7) is 2.32. The maximum atomic E-state index is 11.4. The van der Waals surface area contributed by atoms with E-state index in [4.69, 9.17) is 5.26 Å². The van der Waals surface area contributed by atoms with Gasteiger partial charge < -0.3 is 10.4 Å². The molecule has 0 bridgehead atoms. The number of aliphatic imine (C=N–C) groups is 1. The van der Waals surface area contributed by atoms with Gasteiger partial charge in [-0.05, 0) is 35.4 Å². The van der Waals surface area contributed by atoms with Gasteiger partial charge in [0.15, 0.2) is 6.19 Å². The molecule has 0 aromatic heterocycles. The predicted octanol–water partition coefficient (Wildman–Crippen LogP) is 2.29. The summed E-state index contributed by atoms with van der Waals surface area (Å²) in [6, 6.07) is 14.2. The van der Waals surface area contributed by atoms with Crippen molar-refractivity contribution in [1.29, 1.82) is 5.26 Å². The van der Waals surface area contributed by atoms with Crippen LogP contribution in [-0.2, 0) is 11.3 Å². The third-order valence-electron chi connectivity index (χ3n) is 4.23. The molecule has 1 aliphatic heterocycles. The molecule has 1 atom stereocenters. The molecular weight excluding hydrogens is 356 g/mol. The summed E-state index contributed by atoms with van der Waals surface area (Å²) >= 11 is 0. The van der Waals surface area contributed by atoms with Gasteiger partial charge in [-0.2, -0.15) is 10.4 Å². The topological polar surface area (TPSA) is 122 Å². The zero-order valence-corrected chi connectivity index (χ0v) is 15.3. The molecule has 2 aromatic rings. The normalized spacial score (nSPS) is 16.6. The maximum absolute atomic E-state index is 11.4. The van der Waals surface area contributed by atoms with Gasteiger partial charge in [0.2, 0.25) is 11.9 Å². The minimum absolute atomic E-state index is 0.0512. The molecule has 0 radical (unpaired) electrons. The second-order valence-corrected chi connectivity index (χ2v) is 6.41. The first-order valence-electron chi connectivity index (χ1n) is 8.76. The number of benzene rings is 2. The fraction of sp³-hybridized carbons (Fsp3) is 0.200. The van der Waals surface area contributed by atoms with Gasteiger partial charge in [-0.3, -0.25) is 10.1 Å². The number of carbonyl (C=O) groups excluding carboxylic acids is 1. The van der Waals surface area contributed by atoms with Crippen molar-refractivity contribution in [3.05, 3.63) is 59.7 Å². The van der Waals surface area contributed by atoms with Gasteiger partial charge in [0.25, 0.3) is 0 Å². The Hall–Kier alpha value is -3.86. The number of nitriles is 1. The third kappa shape index (κ3) is 4.86. The molecule has 1 aliphatic rings. The fourth-order valence-electron chi connectivity index (χ4n) is 2.80. The van der Waals surface area contributed by atoms with Crippen molar-refractivity contribution in [3.63, 3.8) is 0 Å². The van der Waals surface area contributed by atoms with E-state index in [1.54, 1.807) is 24.3 Å². The Morgan fingerprint density at radius 3 is 2.64 bits per heavy atom. The van der Waals surface area contributed by atoms with E-state index in [9.17, 15) is 9.90 Å². The lowest BCUT2D eigenvalue weighted by molar-refractivity contribution is -0.121. The summed E-state index contributed by atoms with van der Waals surface area (Å²) < 4.78 is 0. The second kappa shape index (κ2) is 8.68. The Kier molecular flexibility index (Phi) is 5.87. The van der Waals surface area contributed by atoms with Gasteiger partial charge in [-0.15, -0.1) is 0 Å². The lowest BCUT2D eigenvalue weighted by atomic mass is 9.94. The predicted molar refractivity (Wildman–Crippen MR) is 107 cm³/mol. The molecule has 0 fully saturated rings. The zero-order chi connectivity index (χ0) is 19.9. The molecule has 1 unspecified atom stereocenters. The molecule has 0 saturated heterocycles.